The summed E-state index contributed by atoms with van der Waals surface area (Å²) in [6.45, 7) is 0.375. The van der Waals surface area contributed by atoms with E-state index in [1.54, 1.807) is 0 Å². The van der Waals surface area contributed by atoms with Crippen LogP contribution in [0.1, 0.15) is 0 Å². The number of hydrazine groups is 2. The molecular weight excluding hydrogens is 188 g/mol. The third-order valence-corrected chi connectivity index (χ3v) is 1.18. The van der Waals surface area contributed by atoms with Gasteiger partial charge in [-0.05, 0) is 11.8 Å². The zero-order valence-electron chi connectivity index (χ0n) is 5.38. The summed E-state index contributed by atoms with van der Waals surface area (Å²) >= 11 is 10.9. The standard InChI is InChI=1S/C3H5Cl2N3O.Na/c4-3-1-7(5)6-8(9)2-3;/h2,6,9H,1H2;. The summed E-state index contributed by atoms with van der Waals surface area (Å²) in [5.41, 5.74) is 2.34. The van der Waals surface area contributed by atoms with Crippen molar-refractivity contribution >= 4 is 52.9 Å². The summed E-state index contributed by atoms with van der Waals surface area (Å²) in [7, 11) is 0. The van der Waals surface area contributed by atoms with Gasteiger partial charge in [-0.1, -0.05) is 11.6 Å². The summed E-state index contributed by atoms with van der Waals surface area (Å²) in [6, 6.07) is 0. The first kappa shape index (κ1) is 11.0. The molecule has 0 aromatic rings. The van der Waals surface area contributed by atoms with Crippen LogP contribution in [-0.4, -0.2) is 51.0 Å². The Kier molecular flexibility index (Phi) is 5.27. The van der Waals surface area contributed by atoms with Gasteiger partial charge in [0.25, 0.3) is 0 Å². The Morgan fingerprint density at radius 1 is 1.70 bits per heavy atom. The van der Waals surface area contributed by atoms with Gasteiger partial charge in [-0.15, -0.1) is 10.1 Å². The van der Waals surface area contributed by atoms with E-state index in [0.717, 1.165) is 4.53 Å². The molecule has 1 rings (SSSR count). The van der Waals surface area contributed by atoms with Crippen molar-refractivity contribution in [2.75, 3.05) is 6.54 Å². The molecule has 0 saturated heterocycles. The molecule has 0 spiro atoms. The molecule has 0 aliphatic carbocycles. The fourth-order valence-corrected chi connectivity index (χ4v) is 0.961. The molecule has 1 radical (unpaired) electrons. The average molecular weight is 193 g/mol. The van der Waals surface area contributed by atoms with Crippen molar-refractivity contribution in [3.8, 4) is 0 Å². The van der Waals surface area contributed by atoms with Crippen LogP contribution in [0.25, 0.3) is 0 Å². The zero-order valence-corrected chi connectivity index (χ0v) is 8.89. The van der Waals surface area contributed by atoms with Gasteiger partial charge in [0.2, 0.25) is 0 Å². The number of hydrogen-bond donors (Lipinski definition) is 2. The number of nitrogens with zero attached hydrogens (tertiary/aromatic N) is 2. The van der Waals surface area contributed by atoms with Gasteiger partial charge in [-0.2, -0.15) is 5.17 Å². The van der Waals surface area contributed by atoms with Crippen LogP contribution in [0.2, 0.25) is 0 Å². The summed E-state index contributed by atoms with van der Waals surface area (Å²) in [5.74, 6) is 0. The van der Waals surface area contributed by atoms with Gasteiger partial charge >= 0.3 is 0 Å². The predicted octanol–water partition coefficient (Wildman–Crippen LogP) is 0.266. The van der Waals surface area contributed by atoms with Gasteiger partial charge < -0.3 is 0 Å². The fourth-order valence-electron chi connectivity index (χ4n) is 0.482. The zero-order chi connectivity index (χ0) is 6.85. The van der Waals surface area contributed by atoms with Crippen molar-refractivity contribution in [3.05, 3.63) is 11.2 Å². The first-order chi connectivity index (χ1) is 4.18. The Morgan fingerprint density at radius 2 is 2.30 bits per heavy atom. The Balaban J connectivity index is 0.000000810. The molecule has 4 nitrogen and oxygen atoms in total. The number of hydroxylamine groups is 1. The molecule has 0 unspecified atom stereocenters. The second kappa shape index (κ2) is 4.79. The molecule has 2 N–H and O–H groups in total. The van der Waals surface area contributed by atoms with Gasteiger partial charge in [0.15, 0.2) is 0 Å². The maximum atomic E-state index is 8.69. The number of nitrogens with one attached hydrogen (secondary N) is 1. The van der Waals surface area contributed by atoms with Crippen LogP contribution in [-0.2, 0) is 0 Å². The van der Waals surface area contributed by atoms with Crippen LogP contribution in [0.5, 0.6) is 0 Å². The third-order valence-electron chi connectivity index (χ3n) is 0.763. The molecule has 7 heteroatoms. The van der Waals surface area contributed by atoms with Crippen molar-refractivity contribution in [3.63, 3.8) is 0 Å². The summed E-state index contributed by atoms with van der Waals surface area (Å²) in [5, 5.41) is 9.83. The van der Waals surface area contributed by atoms with Gasteiger partial charge in [0, 0.05) is 29.6 Å². The molecule has 0 bridgehead atoms. The van der Waals surface area contributed by atoms with Crippen LogP contribution in [0.15, 0.2) is 11.2 Å². The smallest absolute Gasteiger partial charge is 0.0689 e. The minimum absolute atomic E-state index is 0. The van der Waals surface area contributed by atoms with Crippen LogP contribution < -0.4 is 5.53 Å². The van der Waals surface area contributed by atoms with E-state index in [1.807, 2.05) is 0 Å². The first-order valence-electron chi connectivity index (χ1n) is 2.22. The van der Waals surface area contributed by atoms with Gasteiger partial charge in [0.1, 0.15) is 0 Å². The van der Waals surface area contributed by atoms with Crippen molar-refractivity contribution in [2.24, 2.45) is 0 Å². The van der Waals surface area contributed by atoms with Crippen molar-refractivity contribution < 1.29 is 5.21 Å². The third kappa shape index (κ3) is 3.41. The molecule has 0 amide bonds. The molecule has 53 valence electrons. The van der Waals surface area contributed by atoms with E-state index in [-0.39, 0.29) is 29.6 Å². The average Bonchev–Trinajstić information content (AvgIpc) is 1.59. The normalized spacial score (nSPS) is 19.9. The number of halogens is 2. The van der Waals surface area contributed by atoms with Crippen LogP contribution >= 0.6 is 23.4 Å². The minimum atomic E-state index is 0. The molecule has 0 saturated carbocycles. The molecule has 1 heterocycles. The van der Waals surface area contributed by atoms with E-state index < -0.39 is 0 Å². The Hall–Kier alpha value is 1.00. The monoisotopic (exact) mass is 192 g/mol. The maximum Gasteiger partial charge on any atom is 0.0689 e. The SMILES string of the molecule is ON1C=C(Cl)CN(Cl)N1.[Na]. The second-order valence-corrected chi connectivity index (χ2v) is 2.43. The van der Waals surface area contributed by atoms with E-state index >= 15 is 0 Å². The fraction of sp³-hybridized carbons (Fsp3) is 0.333. The second-order valence-electron chi connectivity index (χ2n) is 1.54. The van der Waals surface area contributed by atoms with E-state index in [1.165, 1.54) is 6.20 Å². The van der Waals surface area contributed by atoms with Crippen LogP contribution in [0.4, 0.5) is 0 Å². The van der Waals surface area contributed by atoms with Gasteiger partial charge in [-0.25, -0.2) is 0 Å². The predicted molar refractivity (Wildman–Crippen MR) is 39.0 cm³/mol. The van der Waals surface area contributed by atoms with E-state index in [0.29, 0.717) is 16.7 Å². The first-order valence-corrected chi connectivity index (χ1v) is 2.94. The molecule has 0 aromatic heterocycles. The Labute approximate surface area is 90.7 Å². The Morgan fingerprint density at radius 3 is 2.70 bits per heavy atom. The molecule has 1 aliphatic heterocycles. The summed E-state index contributed by atoms with van der Waals surface area (Å²) in [6.07, 6.45) is 1.32. The van der Waals surface area contributed by atoms with Crippen molar-refractivity contribution in [2.45, 2.75) is 0 Å². The number of hydrogen-bond acceptors (Lipinski definition) is 4. The Bertz CT molecular complexity index is 144. The molecular formula is C3H5Cl2N3NaO. The van der Waals surface area contributed by atoms with Crippen molar-refractivity contribution in [1.82, 2.24) is 15.2 Å². The molecule has 0 atom stereocenters. The van der Waals surface area contributed by atoms with Crippen LogP contribution in [0.3, 0.4) is 0 Å². The molecule has 0 aromatic carbocycles. The summed E-state index contributed by atoms with van der Waals surface area (Å²) in [4.78, 5) is 0. The van der Waals surface area contributed by atoms with Gasteiger partial charge in [0.05, 0.1) is 17.8 Å². The van der Waals surface area contributed by atoms with Gasteiger partial charge in [-0.3, -0.25) is 5.21 Å². The quantitative estimate of drug-likeness (QED) is 0.427. The van der Waals surface area contributed by atoms with E-state index in [4.69, 9.17) is 28.6 Å². The van der Waals surface area contributed by atoms with Crippen LogP contribution in [0, 0.1) is 0 Å². The number of rotatable bonds is 0. The largest absolute Gasteiger partial charge is 0.272 e. The van der Waals surface area contributed by atoms with E-state index in [9.17, 15) is 0 Å². The minimum Gasteiger partial charge on any atom is -0.272 e. The molecule has 10 heavy (non-hydrogen) atoms. The van der Waals surface area contributed by atoms with E-state index in [2.05, 4.69) is 5.53 Å². The summed E-state index contributed by atoms with van der Waals surface area (Å²) < 4.78 is 1.13. The van der Waals surface area contributed by atoms with Crippen molar-refractivity contribution in [1.29, 1.82) is 0 Å². The maximum absolute atomic E-state index is 8.69. The molecule has 0 fully saturated rings. The molecule has 1 aliphatic rings. The topological polar surface area (TPSA) is 38.7 Å².